The number of hydrogen-bond donors (Lipinski definition) is 5. The Hall–Kier alpha value is -5.53. The number of aliphatic hydroxyl groups excluding tert-OH is 1. The smallest absolute Gasteiger partial charge is 0.318 e. The fraction of sp³-hybridized carbons (Fsp3) is 0.558. The van der Waals surface area contributed by atoms with Crippen LogP contribution in [0.4, 0.5) is 4.79 Å². The van der Waals surface area contributed by atoms with Gasteiger partial charge in [0.2, 0.25) is 11.8 Å². The SMILES string of the molecule is C#Cc1ccc(CNC(=O)[C@@H]2C[C@@H](O)CN2C(=O)[C@@H](NC(=O)N2CCC(N3CCN(C4CCC(N5CCc6[nH]c7nnc(-c8ccccc8O)cc7c6[C@H]5C)CC4)CC3)CC2)C(C)(C)C)cc1. The van der Waals surface area contributed by atoms with E-state index in [0.717, 1.165) is 74.1 Å². The molecule has 4 aliphatic heterocycles. The summed E-state index contributed by atoms with van der Waals surface area (Å²) < 4.78 is 0. The van der Waals surface area contributed by atoms with E-state index in [1.54, 1.807) is 6.07 Å². The van der Waals surface area contributed by atoms with Crippen LogP contribution >= 0.6 is 0 Å². The first-order valence-corrected chi connectivity index (χ1v) is 24.5. The highest BCUT2D eigenvalue weighted by molar-refractivity contribution is 5.93. The predicted molar refractivity (Wildman–Crippen MR) is 258 cm³/mol. The summed E-state index contributed by atoms with van der Waals surface area (Å²) in [5.74, 6) is 2.09. The molecule has 67 heavy (non-hydrogen) atoms. The number of aromatic nitrogens is 3. The Morgan fingerprint density at radius 2 is 1.54 bits per heavy atom. The van der Waals surface area contributed by atoms with Gasteiger partial charge >= 0.3 is 6.03 Å². The number of aliphatic hydroxyl groups is 1. The number of carbonyl (C=O) groups excluding carboxylic acids is 3. The third-order valence-electron chi connectivity index (χ3n) is 15.5. The maximum atomic E-state index is 14.2. The molecule has 15 nitrogen and oxygen atoms in total. The molecule has 3 saturated heterocycles. The van der Waals surface area contributed by atoms with Gasteiger partial charge in [-0.3, -0.25) is 24.3 Å². The van der Waals surface area contributed by atoms with Crippen LogP contribution in [0.5, 0.6) is 5.75 Å². The summed E-state index contributed by atoms with van der Waals surface area (Å²) in [5.41, 5.74) is 5.75. The molecular weight excluding hydrogens is 845 g/mol. The summed E-state index contributed by atoms with van der Waals surface area (Å²) in [6, 6.07) is 16.6. The number of para-hydroxylation sites is 1. The van der Waals surface area contributed by atoms with Crippen LogP contribution < -0.4 is 10.6 Å². The number of carbonyl (C=O) groups is 3. The second kappa shape index (κ2) is 19.6. The van der Waals surface area contributed by atoms with Gasteiger partial charge in [-0.15, -0.1) is 16.6 Å². The first kappa shape index (κ1) is 46.6. The van der Waals surface area contributed by atoms with Gasteiger partial charge in [0.25, 0.3) is 0 Å². The average Bonchev–Trinajstić information content (AvgIpc) is 3.93. The lowest BCUT2D eigenvalue weighted by Gasteiger charge is -2.47. The lowest BCUT2D eigenvalue weighted by Crippen LogP contribution is -2.61. The number of likely N-dealkylation sites (tertiary alicyclic amines) is 2. The molecule has 2 aromatic heterocycles. The van der Waals surface area contributed by atoms with Crippen LogP contribution in [0.2, 0.25) is 0 Å². The minimum absolute atomic E-state index is 0.0307. The minimum Gasteiger partial charge on any atom is -0.507 e. The van der Waals surface area contributed by atoms with Gasteiger partial charge in [0.15, 0.2) is 5.65 Å². The normalized spacial score (nSPS) is 25.1. The molecule has 9 rings (SSSR count). The van der Waals surface area contributed by atoms with Crippen molar-refractivity contribution in [2.45, 2.75) is 128 Å². The van der Waals surface area contributed by atoms with Crippen molar-refractivity contribution in [3.8, 4) is 29.4 Å². The highest BCUT2D eigenvalue weighted by Gasteiger charge is 2.45. The van der Waals surface area contributed by atoms with E-state index in [4.69, 9.17) is 6.42 Å². The van der Waals surface area contributed by atoms with E-state index in [1.165, 1.54) is 41.8 Å². The number of fused-ring (bicyclic) bond motifs is 3. The number of nitrogens with one attached hydrogen (secondary N) is 3. The molecule has 1 aliphatic carbocycles. The van der Waals surface area contributed by atoms with Crippen molar-refractivity contribution in [1.82, 2.24) is 50.3 Å². The lowest BCUT2D eigenvalue weighted by atomic mass is 9.85. The number of terminal acetylenes is 1. The molecule has 4 atom stereocenters. The number of phenols is 1. The Labute approximate surface area is 394 Å². The number of phenolic OH excluding ortho intramolecular Hbond substituents is 1. The summed E-state index contributed by atoms with van der Waals surface area (Å²) in [6.45, 7) is 14.8. The molecule has 0 bridgehead atoms. The topological polar surface area (TPSA) is 173 Å². The average molecular weight is 913 g/mol. The van der Waals surface area contributed by atoms with Gasteiger partial charge < -0.3 is 35.6 Å². The number of nitrogens with zero attached hydrogens (tertiary/aromatic N) is 7. The molecule has 5 N–H and O–H groups in total. The van der Waals surface area contributed by atoms with Crippen molar-refractivity contribution in [3.63, 3.8) is 0 Å². The number of aromatic hydroxyl groups is 1. The standard InChI is InChI=1S/C52H68N10O5/c1-6-34-11-13-35(14-12-34)31-53-49(65)44-29-39(63)32-62(44)50(66)47(52(3,4)5)55-51(67)60-22-19-37(20-23-60)59-27-25-58(26-28-59)36-15-17-38(18-16-36)61-24-21-42-46(33(61)2)41-30-43(56-57-48(41)54-42)40-9-7-8-10-45(40)64/h1,7-14,30,33,36-39,44,47,63-64H,15-29,31-32H2,2-5H3,(H,53,65)(H,54,57)(H,55,67)/t33-,36?,38?,39-,44+,47-/m1/s1. The van der Waals surface area contributed by atoms with E-state index >= 15 is 0 Å². The fourth-order valence-electron chi connectivity index (χ4n) is 11.7. The summed E-state index contributed by atoms with van der Waals surface area (Å²) in [7, 11) is 0. The van der Waals surface area contributed by atoms with E-state index < -0.39 is 23.6 Å². The molecule has 5 aliphatic rings. The molecule has 4 amide bonds. The Balaban J connectivity index is 0.729. The van der Waals surface area contributed by atoms with Gasteiger partial charge in [-0.1, -0.05) is 51.0 Å². The van der Waals surface area contributed by atoms with E-state index in [2.05, 4.69) is 59.4 Å². The number of amides is 4. The number of hydrogen-bond acceptors (Lipinski definition) is 10. The summed E-state index contributed by atoms with van der Waals surface area (Å²) in [6.07, 6.45) is 12.3. The summed E-state index contributed by atoms with van der Waals surface area (Å²) >= 11 is 0. The zero-order valence-corrected chi connectivity index (χ0v) is 39.6. The van der Waals surface area contributed by atoms with Crippen molar-refractivity contribution < 1.29 is 24.6 Å². The molecule has 6 heterocycles. The molecule has 0 unspecified atom stereocenters. The number of rotatable bonds is 9. The lowest BCUT2D eigenvalue weighted by molar-refractivity contribution is -0.142. The Morgan fingerprint density at radius 1 is 0.881 bits per heavy atom. The largest absolute Gasteiger partial charge is 0.507 e. The maximum Gasteiger partial charge on any atom is 0.318 e. The zero-order chi connectivity index (χ0) is 47.0. The van der Waals surface area contributed by atoms with E-state index in [-0.39, 0.29) is 49.1 Å². The predicted octanol–water partition coefficient (Wildman–Crippen LogP) is 5.03. The Bertz CT molecular complexity index is 2450. The molecular formula is C52H68N10O5. The number of piperazine rings is 1. The molecule has 1 saturated carbocycles. The minimum atomic E-state index is -0.880. The third kappa shape index (κ3) is 9.90. The summed E-state index contributed by atoms with van der Waals surface area (Å²) in [5, 5.41) is 37.2. The van der Waals surface area contributed by atoms with E-state index in [1.807, 2.05) is 68.1 Å². The van der Waals surface area contributed by atoms with Crippen LogP contribution in [0.3, 0.4) is 0 Å². The fourth-order valence-corrected chi connectivity index (χ4v) is 11.7. The van der Waals surface area contributed by atoms with Gasteiger partial charge in [0.1, 0.15) is 17.8 Å². The van der Waals surface area contributed by atoms with Crippen molar-refractivity contribution in [3.05, 3.63) is 77.0 Å². The molecule has 15 heteroatoms. The van der Waals surface area contributed by atoms with Gasteiger partial charge in [0, 0.05) is 118 Å². The first-order valence-electron chi connectivity index (χ1n) is 24.5. The van der Waals surface area contributed by atoms with Crippen LogP contribution in [-0.2, 0) is 22.6 Å². The van der Waals surface area contributed by atoms with Crippen LogP contribution in [0, 0.1) is 17.8 Å². The third-order valence-corrected chi connectivity index (χ3v) is 15.5. The monoisotopic (exact) mass is 913 g/mol. The zero-order valence-electron chi connectivity index (χ0n) is 39.6. The number of benzene rings is 2. The van der Waals surface area contributed by atoms with Gasteiger partial charge in [-0.2, -0.15) is 0 Å². The van der Waals surface area contributed by atoms with Crippen molar-refractivity contribution in [2.24, 2.45) is 5.41 Å². The number of aromatic amines is 1. The molecule has 2 aromatic carbocycles. The van der Waals surface area contributed by atoms with Gasteiger partial charge in [-0.25, -0.2) is 4.79 Å². The van der Waals surface area contributed by atoms with Gasteiger partial charge in [0.05, 0.1) is 11.8 Å². The van der Waals surface area contributed by atoms with Crippen LogP contribution in [-0.4, -0.2) is 156 Å². The maximum absolute atomic E-state index is 14.2. The highest BCUT2D eigenvalue weighted by atomic mass is 16.3. The van der Waals surface area contributed by atoms with Crippen LogP contribution in [0.25, 0.3) is 22.3 Å². The van der Waals surface area contributed by atoms with Gasteiger partial charge in [-0.05, 0) is 92.3 Å². The van der Waals surface area contributed by atoms with Crippen LogP contribution in [0.1, 0.15) is 101 Å². The molecule has 0 radical (unpaired) electrons. The molecule has 0 spiro atoms. The molecule has 4 aromatic rings. The second-order valence-electron chi connectivity index (χ2n) is 20.6. The Morgan fingerprint density at radius 3 is 2.19 bits per heavy atom. The second-order valence-corrected chi connectivity index (χ2v) is 20.6. The number of β-amino-alcohol motifs (C(OH)–C–C–N with tert-alkyl or cyclic N) is 1. The highest BCUT2D eigenvalue weighted by Crippen LogP contribution is 2.41. The first-order chi connectivity index (χ1) is 32.2. The molecule has 356 valence electrons. The van der Waals surface area contributed by atoms with Crippen molar-refractivity contribution >= 4 is 28.9 Å². The van der Waals surface area contributed by atoms with Crippen LogP contribution in [0.15, 0.2) is 54.6 Å². The number of H-pyrrole nitrogens is 1. The van der Waals surface area contributed by atoms with E-state index in [9.17, 15) is 24.6 Å². The quantitative estimate of drug-likeness (QED) is 0.144. The molecule has 4 fully saturated rings. The Kier molecular flexibility index (Phi) is 13.6. The number of piperidine rings is 1. The van der Waals surface area contributed by atoms with Crippen molar-refractivity contribution in [1.29, 1.82) is 0 Å². The van der Waals surface area contributed by atoms with E-state index in [0.29, 0.717) is 42.5 Å². The number of urea groups is 1. The summed E-state index contributed by atoms with van der Waals surface area (Å²) in [4.78, 5) is 56.4. The van der Waals surface area contributed by atoms with Crippen molar-refractivity contribution in [2.75, 3.05) is 52.4 Å².